The topological polar surface area (TPSA) is 64.3 Å². The zero-order valence-electron chi connectivity index (χ0n) is 13.7. The van der Waals surface area contributed by atoms with Crippen LogP contribution >= 0.6 is 0 Å². The van der Waals surface area contributed by atoms with E-state index in [9.17, 15) is 18.0 Å². The Morgan fingerprint density at radius 3 is 2.58 bits per heavy atom. The fraction of sp³-hybridized carbons (Fsp3) is 0.588. The lowest BCUT2D eigenvalue weighted by molar-refractivity contribution is -0.137. The number of hydrogen-bond acceptors (Lipinski definition) is 3. The van der Waals surface area contributed by atoms with Gasteiger partial charge in [-0.25, -0.2) is 0 Å². The van der Waals surface area contributed by atoms with Gasteiger partial charge in [0.25, 0.3) is 0 Å². The Labute approximate surface area is 139 Å². The molecule has 0 radical (unpaired) electrons. The molecule has 1 saturated carbocycles. The van der Waals surface area contributed by atoms with Crippen molar-refractivity contribution in [3.63, 3.8) is 0 Å². The van der Waals surface area contributed by atoms with Crippen LogP contribution in [0.1, 0.15) is 43.2 Å². The highest BCUT2D eigenvalue weighted by molar-refractivity contribution is 5.82. The number of amides is 1. The minimum absolute atomic E-state index is 0.0600. The van der Waals surface area contributed by atoms with Crippen LogP contribution < -0.4 is 11.1 Å². The number of benzene rings is 1. The maximum absolute atomic E-state index is 13.0. The normalized spacial score (nSPS) is 18.9. The second-order valence-corrected chi connectivity index (χ2v) is 6.27. The predicted octanol–water partition coefficient (Wildman–Crippen LogP) is 2.95. The number of alkyl halides is 3. The molecule has 3 N–H and O–H groups in total. The highest BCUT2D eigenvalue weighted by Gasteiger charge is 2.38. The van der Waals surface area contributed by atoms with E-state index in [-0.39, 0.29) is 6.61 Å². The molecule has 0 bridgehead atoms. The SMILES string of the molecule is COCC(N)C(=O)NC1(c2cccc(C(F)(F)F)c2)CCCCC1. The molecule has 2 rings (SSSR count). The third kappa shape index (κ3) is 4.27. The summed E-state index contributed by atoms with van der Waals surface area (Å²) in [7, 11) is 1.44. The fourth-order valence-corrected chi connectivity index (χ4v) is 3.22. The molecule has 1 atom stereocenters. The van der Waals surface area contributed by atoms with Crippen LogP contribution in [0.5, 0.6) is 0 Å². The molecule has 1 aliphatic rings. The molecule has 1 aromatic rings. The molecule has 1 unspecified atom stereocenters. The summed E-state index contributed by atoms with van der Waals surface area (Å²) in [6, 6.07) is 4.35. The summed E-state index contributed by atoms with van der Waals surface area (Å²) in [6.07, 6.45) is -0.533. The van der Waals surface area contributed by atoms with Crippen molar-refractivity contribution in [1.82, 2.24) is 5.32 Å². The number of carbonyl (C=O) groups excluding carboxylic acids is 1. The van der Waals surface area contributed by atoms with E-state index in [0.717, 1.165) is 31.4 Å². The molecule has 1 fully saturated rings. The number of halogens is 3. The molecular weight excluding hydrogens is 321 g/mol. The predicted molar refractivity (Wildman–Crippen MR) is 84.2 cm³/mol. The van der Waals surface area contributed by atoms with Crippen LogP contribution in [0.3, 0.4) is 0 Å². The zero-order valence-corrected chi connectivity index (χ0v) is 13.7. The minimum Gasteiger partial charge on any atom is -0.383 e. The van der Waals surface area contributed by atoms with E-state index in [2.05, 4.69) is 5.32 Å². The molecular formula is C17H23F3N2O2. The van der Waals surface area contributed by atoms with E-state index in [1.807, 2.05) is 0 Å². The molecule has 0 saturated heterocycles. The first-order chi connectivity index (χ1) is 11.3. The Morgan fingerprint density at radius 1 is 1.33 bits per heavy atom. The third-order valence-corrected chi connectivity index (χ3v) is 4.50. The average Bonchev–Trinajstić information content (AvgIpc) is 2.55. The average molecular weight is 344 g/mol. The van der Waals surface area contributed by atoms with Crippen LogP contribution in [-0.4, -0.2) is 25.7 Å². The molecule has 1 amide bonds. The van der Waals surface area contributed by atoms with Gasteiger partial charge in [0.2, 0.25) is 5.91 Å². The van der Waals surface area contributed by atoms with Crippen molar-refractivity contribution in [2.24, 2.45) is 5.73 Å². The molecule has 0 aromatic heterocycles. The van der Waals surface area contributed by atoms with Crippen molar-refractivity contribution in [2.75, 3.05) is 13.7 Å². The quantitative estimate of drug-likeness (QED) is 0.863. The van der Waals surface area contributed by atoms with Crippen molar-refractivity contribution < 1.29 is 22.7 Å². The van der Waals surface area contributed by atoms with Crippen LogP contribution in [0.15, 0.2) is 24.3 Å². The van der Waals surface area contributed by atoms with Crippen LogP contribution in [0, 0.1) is 0 Å². The van der Waals surface area contributed by atoms with E-state index >= 15 is 0 Å². The smallest absolute Gasteiger partial charge is 0.383 e. The van der Waals surface area contributed by atoms with Gasteiger partial charge in [-0.3, -0.25) is 4.79 Å². The van der Waals surface area contributed by atoms with Gasteiger partial charge in [0.15, 0.2) is 0 Å². The number of hydrogen-bond donors (Lipinski definition) is 2. The van der Waals surface area contributed by atoms with Crippen LogP contribution in [0.2, 0.25) is 0 Å². The minimum atomic E-state index is -4.41. The maximum Gasteiger partial charge on any atom is 0.416 e. The largest absolute Gasteiger partial charge is 0.416 e. The number of methoxy groups -OCH3 is 1. The number of rotatable bonds is 5. The van der Waals surface area contributed by atoms with E-state index in [4.69, 9.17) is 10.5 Å². The Morgan fingerprint density at radius 2 is 2.00 bits per heavy atom. The second-order valence-electron chi connectivity index (χ2n) is 6.27. The maximum atomic E-state index is 13.0. The number of carbonyl (C=O) groups is 1. The van der Waals surface area contributed by atoms with Crippen LogP contribution in [-0.2, 0) is 21.2 Å². The Hall–Kier alpha value is -1.60. The van der Waals surface area contributed by atoms with Gasteiger partial charge in [0, 0.05) is 7.11 Å². The first-order valence-corrected chi connectivity index (χ1v) is 8.03. The second kappa shape index (κ2) is 7.53. The van der Waals surface area contributed by atoms with E-state index in [0.29, 0.717) is 18.4 Å². The molecule has 134 valence electrons. The van der Waals surface area contributed by atoms with E-state index in [1.54, 1.807) is 6.07 Å². The van der Waals surface area contributed by atoms with E-state index in [1.165, 1.54) is 13.2 Å². The third-order valence-electron chi connectivity index (χ3n) is 4.50. The van der Waals surface area contributed by atoms with Crippen molar-refractivity contribution in [3.8, 4) is 0 Å². The van der Waals surface area contributed by atoms with Crippen molar-refractivity contribution in [3.05, 3.63) is 35.4 Å². The number of nitrogens with one attached hydrogen (secondary N) is 1. The van der Waals surface area contributed by atoms with Crippen LogP contribution in [0.4, 0.5) is 13.2 Å². The molecule has 1 aliphatic carbocycles. The van der Waals surface area contributed by atoms with Gasteiger partial charge in [0.1, 0.15) is 6.04 Å². The Kier molecular flexibility index (Phi) is 5.87. The number of nitrogens with two attached hydrogens (primary N) is 1. The lowest BCUT2D eigenvalue weighted by Crippen LogP contribution is -2.53. The highest BCUT2D eigenvalue weighted by Crippen LogP contribution is 2.39. The van der Waals surface area contributed by atoms with Gasteiger partial charge in [-0.2, -0.15) is 13.2 Å². The monoisotopic (exact) mass is 344 g/mol. The highest BCUT2D eigenvalue weighted by atomic mass is 19.4. The molecule has 0 heterocycles. The molecule has 24 heavy (non-hydrogen) atoms. The number of ether oxygens (including phenoxy) is 1. The summed E-state index contributed by atoms with van der Waals surface area (Å²) >= 11 is 0. The van der Waals surface area contributed by atoms with Gasteiger partial charge in [-0.05, 0) is 30.5 Å². The fourth-order valence-electron chi connectivity index (χ4n) is 3.22. The van der Waals surface area contributed by atoms with Crippen LogP contribution in [0.25, 0.3) is 0 Å². The molecule has 4 nitrogen and oxygen atoms in total. The van der Waals surface area contributed by atoms with Crippen molar-refractivity contribution >= 4 is 5.91 Å². The summed E-state index contributed by atoms with van der Waals surface area (Å²) < 4.78 is 44.0. The molecule has 7 heteroatoms. The van der Waals surface area contributed by atoms with Crippen molar-refractivity contribution in [1.29, 1.82) is 0 Å². The first kappa shape index (κ1) is 18.7. The molecule has 0 spiro atoms. The standard InChI is InChI=1S/C17H23F3N2O2/c1-24-11-14(21)15(23)22-16(8-3-2-4-9-16)12-6-5-7-13(10-12)17(18,19)20/h5-7,10,14H,2-4,8-9,11,21H2,1H3,(H,22,23). The summed E-state index contributed by atoms with van der Waals surface area (Å²) in [5.74, 6) is -0.406. The van der Waals surface area contributed by atoms with Crippen molar-refractivity contribution in [2.45, 2.75) is 49.9 Å². The zero-order chi connectivity index (χ0) is 17.8. The van der Waals surface area contributed by atoms with Gasteiger partial charge in [-0.15, -0.1) is 0 Å². The van der Waals surface area contributed by atoms with Gasteiger partial charge < -0.3 is 15.8 Å². The summed E-state index contributed by atoms with van der Waals surface area (Å²) in [5.41, 5.74) is 4.73. The lowest BCUT2D eigenvalue weighted by atomic mass is 9.76. The van der Waals surface area contributed by atoms with Gasteiger partial charge in [-0.1, -0.05) is 31.4 Å². The summed E-state index contributed by atoms with van der Waals surface area (Å²) in [4.78, 5) is 12.3. The Bertz CT molecular complexity index is 569. The lowest BCUT2D eigenvalue weighted by Gasteiger charge is -2.39. The summed E-state index contributed by atoms with van der Waals surface area (Å²) in [6.45, 7) is 0.0600. The van der Waals surface area contributed by atoms with Gasteiger partial charge >= 0.3 is 6.18 Å². The first-order valence-electron chi connectivity index (χ1n) is 8.03. The summed E-state index contributed by atoms with van der Waals surface area (Å²) in [5, 5.41) is 2.90. The van der Waals surface area contributed by atoms with Gasteiger partial charge in [0.05, 0.1) is 17.7 Å². The Balaban J connectivity index is 2.33. The van der Waals surface area contributed by atoms with E-state index < -0.39 is 29.2 Å². The molecule has 1 aromatic carbocycles. The molecule has 0 aliphatic heterocycles.